The number of nitrogens with zero attached hydrogens (tertiary/aromatic N) is 4. The molecular formula is C21H27N5O3S. The van der Waals surface area contributed by atoms with E-state index in [1.54, 1.807) is 44.3 Å². The van der Waals surface area contributed by atoms with E-state index in [-0.39, 0.29) is 23.4 Å². The van der Waals surface area contributed by atoms with Crippen molar-refractivity contribution in [3.8, 4) is 0 Å². The zero-order valence-electron chi connectivity index (χ0n) is 17.3. The smallest absolute Gasteiger partial charge is 0.243 e. The van der Waals surface area contributed by atoms with Crippen LogP contribution in [-0.2, 0) is 27.8 Å². The molecule has 1 amide bonds. The molecule has 0 unspecified atom stereocenters. The third-order valence-corrected chi connectivity index (χ3v) is 7.73. The van der Waals surface area contributed by atoms with Gasteiger partial charge in [0.05, 0.1) is 16.6 Å². The van der Waals surface area contributed by atoms with Gasteiger partial charge in [0.1, 0.15) is 5.82 Å². The second-order valence-corrected chi connectivity index (χ2v) is 9.67. The van der Waals surface area contributed by atoms with Crippen LogP contribution >= 0.6 is 0 Å². The summed E-state index contributed by atoms with van der Waals surface area (Å²) in [5.74, 6) is 1.32. The van der Waals surface area contributed by atoms with Crippen LogP contribution in [0.4, 0.5) is 5.82 Å². The number of amides is 1. The molecule has 0 radical (unpaired) electrons. The Morgan fingerprint density at radius 1 is 1.13 bits per heavy atom. The van der Waals surface area contributed by atoms with Gasteiger partial charge >= 0.3 is 0 Å². The van der Waals surface area contributed by atoms with Crippen molar-refractivity contribution in [1.82, 2.24) is 19.2 Å². The number of sulfonamides is 1. The van der Waals surface area contributed by atoms with Gasteiger partial charge in [0.2, 0.25) is 15.9 Å². The number of fused-ring (bicyclic) bond motifs is 1. The first-order valence-electron chi connectivity index (χ1n) is 10.3. The van der Waals surface area contributed by atoms with Gasteiger partial charge in [-0.15, -0.1) is 0 Å². The normalized spacial score (nSPS) is 19.9. The Morgan fingerprint density at radius 3 is 2.60 bits per heavy atom. The van der Waals surface area contributed by atoms with Crippen molar-refractivity contribution in [2.75, 3.05) is 25.5 Å². The summed E-state index contributed by atoms with van der Waals surface area (Å²) in [5.41, 5.74) is 1.66. The quantitative estimate of drug-likeness (QED) is 0.802. The number of benzene rings is 1. The van der Waals surface area contributed by atoms with E-state index in [4.69, 9.17) is 9.97 Å². The maximum absolute atomic E-state index is 13.0. The van der Waals surface area contributed by atoms with Crippen LogP contribution in [0, 0.1) is 0 Å². The van der Waals surface area contributed by atoms with Crippen LogP contribution in [0.25, 0.3) is 0 Å². The second kappa shape index (κ2) is 8.31. The SMILES string of the molecule is CNc1nc([C@H]2CCCCN2C(C)=O)nc2c1CN(S(=O)(=O)c1ccccc1)CC2. The second-order valence-electron chi connectivity index (χ2n) is 7.73. The Labute approximate surface area is 177 Å². The molecule has 0 spiro atoms. The number of hydrogen-bond acceptors (Lipinski definition) is 6. The Hall–Kier alpha value is -2.52. The van der Waals surface area contributed by atoms with Crippen molar-refractivity contribution in [1.29, 1.82) is 0 Å². The topological polar surface area (TPSA) is 95.5 Å². The summed E-state index contributed by atoms with van der Waals surface area (Å²) in [5, 5.41) is 3.11. The van der Waals surface area contributed by atoms with Crippen LogP contribution in [0.1, 0.15) is 49.3 Å². The molecule has 2 aliphatic rings. The van der Waals surface area contributed by atoms with E-state index >= 15 is 0 Å². The van der Waals surface area contributed by atoms with E-state index in [9.17, 15) is 13.2 Å². The van der Waals surface area contributed by atoms with Gasteiger partial charge in [0.15, 0.2) is 5.82 Å². The third kappa shape index (κ3) is 3.79. The number of aromatic nitrogens is 2. The van der Waals surface area contributed by atoms with Crippen molar-refractivity contribution in [3.05, 3.63) is 47.4 Å². The molecule has 160 valence electrons. The molecule has 30 heavy (non-hydrogen) atoms. The highest BCUT2D eigenvalue weighted by Gasteiger charge is 2.33. The fourth-order valence-corrected chi connectivity index (χ4v) is 5.72. The van der Waals surface area contributed by atoms with Crippen molar-refractivity contribution in [3.63, 3.8) is 0 Å². The van der Waals surface area contributed by atoms with Crippen LogP contribution in [0.2, 0.25) is 0 Å². The Kier molecular flexibility index (Phi) is 5.75. The van der Waals surface area contributed by atoms with Gasteiger partial charge in [-0.2, -0.15) is 4.31 Å². The average Bonchev–Trinajstić information content (AvgIpc) is 2.78. The molecule has 3 heterocycles. The molecule has 1 aromatic heterocycles. The molecular weight excluding hydrogens is 402 g/mol. The monoisotopic (exact) mass is 429 g/mol. The molecule has 0 aliphatic carbocycles. The summed E-state index contributed by atoms with van der Waals surface area (Å²) in [4.78, 5) is 23.7. The zero-order chi connectivity index (χ0) is 21.3. The Morgan fingerprint density at radius 2 is 1.90 bits per heavy atom. The molecule has 8 nitrogen and oxygen atoms in total. The van der Waals surface area contributed by atoms with Crippen molar-refractivity contribution >= 4 is 21.7 Å². The van der Waals surface area contributed by atoms with E-state index in [0.717, 1.165) is 37.1 Å². The fourth-order valence-electron chi connectivity index (χ4n) is 4.29. The summed E-state index contributed by atoms with van der Waals surface area (Å²) in [6.07, 6.45) is 3.38. The van der Waals surface area contributed by atoms with Crippen LogP contribution in [0.3, 0.4) is 0 Å². The minimum Gasteiger partial charge on any atom is -0.373 e. The fraction of sp³-hybridized carbons (Fsp3) is 0.476. The average molecular weight is 430 g/mol. The summed E-state index contributed by atoms with van der Waals surface area (Å²) in [7, 11) is -1.80. The lowest BCUT2D eigenvalue weighted by molar-refractivity contribution is -0.132. The van der Waals surface area contributed by atoms with Crippen molar-refractivity contribution < 1.29 is 13.2 Å². The number of rotatable bonds is 4. The highest BCUT2D eigenvalue weighted by atomic mass is 32.2. The predicted octanol–water partition coefficient (Wildman–Crippen LogP) is 2.34. The summed E-state index contributed by atoms with van der Waals surface area (Å²) < 4.78 is 27.6. The van der Waals surface area contributed by atoms with Gasteiger partial charge in [0, 0.05) is 45.6 Å². The van der Waals surface area contributed by atoms with Gasteiger partial charge in [0.25, 0.3) is 0 Å². The highest BCUT2D eigenvalue weighted by Crippen LogP contribution is 2.33. The first-order valence-corrected chi connectivity index (χ1v) is 11.8. The number of piperidine rings is 1. The molecule has 1 N–H and O–H groups in total. The lowest BCUT2D eigenvalue weighted by Crippen LogP contribution is -2.39. The standard InChI is InChI=1S/C21H27N5O3S/c1-15(27)26-12-7-6-10-19(26)21-23-18-11-13-25(14-17(18)20(22-2)24-21)30(28,29)16-8-4-3-5-9-16/h3-5,8-9,19H,6-7,10-14H2,1-2H3,(H,22,23,24)/t19-/m1/s1. The molecule has 0 saturated carbocycles. The van der Waals surface area contributed by atoms with Gasteiger partial charge in [-0.25, -0.2) is 18.4 Å². The van der Waals surface area contributed by atoms with E-state index in [0.29, 0.717) is 24.6 Å². The lowest BCUT2D eigenvalue weighted by atomic mass is 10.00. The van der Waals surface area contributed by atoms with E-state index in [1.807, 2.05) is 4.90 Å². The molecule has 0 bridgehead atoms. The summed E-state index contributed by atoms with van der Waals surface area (Å²) >= 11 is 0. The van der Waals surface area contributed by atoms with Gasteiger partial charge in [-0.1, -0.05) is 18.2 Å². The van der Waals surface area contributed by atoms with Crippen LogP contribution in [0.5, 0.6) is 0 Å². The minimum absolute atomic E-state index is 0.0344. The van der Waals surface area contributed by atoms with E-state index in [1.165, 1.54) is 4.31 Å². The maximum Gasteiger partial charge on any atom is 0.243 e. The molecule has 1 aromatic carbocycles. The molecule has 9 heteroatoms. The maximum atomic E-state index is 13.0. The molecule has 1 atom stereocenters. The first kappa shape index (κ1) is 20.7. The van der Waals surface area contributed by atoms with Crippen molar-refractivity contribution in [2.45, 2.75) is 50.1 Å². The first-order chi connectivity index (χ1) is 14.4. The van der Waals surface area contributed by atoms with E-state index in [2.05, 4.69) is 5.32 Å². The van der Waals surface area contributed by atoms with Gasteiger partial charge in [-0.05, 0) is 31.4 Å². The Bertz CT molecular complexity index is 1020. The molecule has 1 saturated heterocycles. The molecule has 4 rings (SSSR count). The summed E-state index contributed by atoms with van der Waals surface area (Å²) in [6, 6.07) is 8.36. The Balaban J connectivity index is 1.67. The number of nitrogens with one attached hydrogen (secondary N) is 1. The number of anilines is 1. The van der Waals surface area contributed by atoms with Gasteiger partial charge < -0.3 is 10.2 Å². The van der Waals surface area contributed by atoms with E-state index < -0.39 is 10.0 Å². The predicted molar refractivity (Wildman–Crippen MR) is 113 cm³/mol. The van der Waals surface area contributed by atoms with Gasteiger partial charge in [-0.3, -0.25) is 4.79 Å². The van der Waals surface area contributed by atoms with Crippen LogP contribution in [0.15, 0.2) is 35.2 Å². The summed E-state index contributed by atoms with van der Waals surface area (Å²) in [6.45, 7) is 2.90. The largest absolute Gasteiger partial charge is 0.373 e. The number of carbonyl (C=O) groups excluding carboxylic acids is 1. The minimum atomic E-state index is -3.58. The number of hydrogen-bond donors (Lipinski definition) is 1. The van der Waals surface area contributed by atoms with Crippen LogP contribution < -0.4 is 5.32 Å². The lowest BCUT2D eigenvalue weighted by Gasteiger charge is -2.35. The molecule has 2 aromatic rings. The molecule has 2 aliphatic heterocycles. The number of carbonyl (C=O) groups is 1. The van der Waals surface area contributed by atoms with Crippen LogP contribution in [-0.4, -0.2) is 53.6 Å². The third-order valence-electron chi connectivity index (χ3n) is 5.87. The van der Waals surface area contributed by atoms with Crippen molar-refractivity contribution in [2.24, 2.45) is 0 Å². The molecule has 1 fully saturated rings. The highest BCUT2D eigenvalue weighted by molar-refractivity contribution is 7.89. The number of likely N-dealkylation sites (tertiary alicyclic amines) is 1. The zero-order valence-corrected chi connectivity index (χ0v) is 18.2.